The molecule has 0 bridgehead atoms. The number of nitrogens with zero attached hydrogens (tertiary/aromatic N) is 4. The highest BCUT2D eigenvalue weighted by molar-refractivity contribution is 5.73. The zero-order valence-electron chi connectivity index (χ0n) is 26.9. The second kappa shape index (κ2) is 15.4. The summed E-state index contributed by atoms with van der Waals surface area (Å²) in [5.74, 6) is -1.59. The normalized spacial score (nSPS) is 15.7. The minimum atomic E-state index is -0.787. The maximum absolute atomic E-state index is 14.5. The Morgan fingerprint density at radius 3 is 1.76 bits per heavy atom. The minimum Gasteiger partial charge on any atom is -0.627 e. The van der Waals surface area contributed by atoms with Gasteiger partial charge in [-0.15, -0.1) is 0 Å². The predicted octanol–water partition coefficient (Wildman–Crippen LogP) is 2.35. The molecule has 2 amide bonds. The molecule has 17 heteroatoms. The second-order valence-corrected chi connectivity index (χ2v) is 11.3. The van der Waals surface area contributed by atoms with E-state index >= 15 is 0 Å². The minimum absolute atomic E-state index is 0.00824. The summed E-state index contributed by atoms with van der Waals surface area (Å²) in [6, 6.07) is 8.72. The summed E-state index contributed by atoms with van der Waals surface area (Å²) in [6.07, 6.45) is 2.82. The molecule has 6 rings (SSSR count). The van der Waals surface area contributed by atoms with E-state index in [9.17, 15) is 33.2 Å². The van der Waals surface area contributed by atoms with Gasteiger partial charge >= 0.3 is 11.3 Å². The van der Waals surface area contributed by atoms with Gasteiger partial charge in [0.1, 0.15) is 32.2 Å². The van der Waals surface area contributed by atoms with Crippen LogP contribution in [0.2, 0.25) is 0 Å². The summed E-state index contributed by atoms with van der Waals surface area (Å²) in [5, 5.41) is 17.7. The van der Waals surface area contributed by atoms with E-state index in [0.29, 0.717) is 43.1 Å². The summed E-state index contributed by atoms with van der Waals surface area (Å²) in [6.45, 7) is 5.97. The molecule has 2 aliphatic heterocycles. The third-order valence-electron chi connectivity index (χ3n) is 7.86. The molecule has 2 aromatic carbocycles. The fourth-order valence-electron chi connectivity index (χ4n) is 5.30. The van der Waals surface area contributed by atoms with Gasteiger partial charge in [0.15, 0.2) is 11.5 Å². The second-order valence-electron chi connectivity index (χ2n) is 11.3. The molecule has 0 saturated carbocycles. The van der Waals surface area contributed by atoms with E-state index in [0.717, 1.165) is 10.8 Å². The smallest absolute Gasteiger partial charge is 0.365 e. The number of aromatic nitrogens is 2. The van der Waals surface area contributed by atoms with Crippen molar-refractivity contribution in [3.8, 4) is 22.3 Å². The first-order valence-electron chi connectivity index (χ1n) is 15.4. The maximum atomic E-state index is 14.5. The van der Waals surface area contributed by atoms with Crippen molar-refractivity contribution in [2.75, 3.05) is 57.5 Å². The van der Waals surface area contributed by atoms with Crippen molar-refractivity contribution in [2.24, 2.45) is 0 Å². The van der Waals surface area contributed by atoms with E-state index < -0.39 is 27.5 Å². The SMILES string of the molecule is CC(=O)NCn1cc(-c2ccc(N3CCOCC3)c(F)c2)c(=O)o1.CC(=O)NCn1cc(-c2ccc([N+]3([O-])CCOCC3)c(F)c2)c(=O)o1. The molecule has 2 fully saturated rings. The zero-order valence-corrected chi connectivity index (χ0v) is 26.9. The maximum Gasteiger partial charge on any atom is 0.365 e. The van der Waals surface area contributed by atoms with Crippen LogP contribution >= 0.6 is 0 Å². The summed E-state index contributed by atoms with van der Waals surface area (Å²) in [4.78, 5) is 47.6. The van der Waals surface area contributed by atoms with Crippen molar-refractivity contribution >= 4 is 23.2 Å². The van der Waals surface area contributed by atoms with Gasteiger partial charge in [-0.1, -0.05) is 6.07 Å². The lowest BCUT2D eigenvalue weighted by Gasteiger charge is -2.44. The standard InChI is InChI=1S/C16H18FN3O5.C16H18FN3O4/c1-11(21)18-10-19-9-13(16(22)25-19)12-2-3-15(14(17)8-12)20(23)4-6-24-7-5-20;1-11(21)18-10-20-9-13(16(22)24-20)12-2-3-15(14(17)8-12)19-4-6-23-7-5-19/h2-3,8-9H,4-7,10H2,1H3,(H,18,21);2-3,8-9H,4-7,10H2,1H3,(H,18,21). The molecule has 49 heavy (non-hydrogen) atoms. The van der Waals surface area contributed by atoms with Gasteiger partial charge in [-0.3, -0.25) is 9.59 Å². The molecule has 4 heterocycles. The Bertz CT molecular complexity index is 1900. The zero-order chi connectivity index (χ0) is 35.1. The third kappa shape index (κ3) is 8.69. The number of hydroxylamine groups is 2. The van der Waals surface area contributed by atoms with Crippen LogP contribution in [0.15, 0.2) is 67.4 Å². The van der Waals surface area contributed by atoms with Crippen molar-refractivity contribution in [3.05, 3.63) is 86.5 Å². The van der Waals surface area contributed by atoms with Gasteiger partial charge in [0.25, 0.3) is 0 Å². The fraction of sp³-hybridized carbons (Fsp3) is 0.375. The van der Waals surface area contributed by atoms with E-state index in [1.165, 1.54) is 49.2 Å². The molecule has 0 aliphatic carbocycles. The van der Waals surface area contributed by atoms with Crippen LogP contribution in [0.1, 0.15) is 13.8 Å². The van der Waals surface area contributed by atoms with Crippen LogP contribution in [0.4, 0.5) is 20.2 Å². The summed E-state index contributed by atoms with van der Waals surface area (Å²) < 4.78 is 50.9. The van der Waals surface area contributed by atoms with Crippen LogP contribution in [0, 0.1) is 16.8 Å². The number of ether oxygens (including phenoxy) is 2. The van der Waals surface area contributed by atoms with Gasteiger partial charge < -0.3 is 43.9 Å². The third-order valence-corrected chi connectivity index (χ3v) is 7.86. The van der Waals surface area contributed by atoms with Gasteiger partial charge in [-0.25, -0.2) is 18.4 Å². The number of hydrogen-bond acceptors (Lipinski definition) is 10. The van der Waals surface area contributed by atoms with Crippen LogP contribution in [0.3, 0.4) is 0 Å². The van der Waals surface area contributed by atoms with Crippen LogP contribution in [-0.4, -0.2) is 73.9 Å². The molecule has 2 N–H and O–H groups in total. The molecule has 0 radical (unpaired) electrons. The van der Waals surface area contributed by atoms with Crippen LogP contribution in [-0.2, 0) is 32.4 Å². The van der Waals surface area contributed by atoms with Crippen molar-refractivity contribution in [3.63, 3.8) is 0 Å². The van der Waals surface area contributed by atoms with E-state index in [4.69, 9.17) is 18.5 Å². The van der Waals surface area contributed by atoms with Crippen molar-refractivity contribution < 1.29 is 36.9 Å². The number of carbonyl (C=O) groups excluding carboxylic acids is 2. The number of benzene rings is 2. The van der Waals surface area contributed by atoms with Gasteiger partial charge in [0, 0.05) is 33.0 Å². The number of halogens is 2. The van der Waals surface area contributed by atoms with Crippen LogP contribution < -0.4 is 31.4 Å². The number of carbonyl (C=O) groups is 2. The highest BCUT2D eigenvalue weighted by Gasteiger charge is 2.28. The molecule has 2 saturated heterocycles. The number of rotatable bonds is 8. The highest BCUT2D eigenvalue weighted by Crippen LogP contribution is 2.30. The van der Waals surface area contributed by atoms with Crippen molar-refractivity contribution in [2.45, 2.75) is 27.2 Å². The molecule has 0 atom stereocenters. The predicted molar refractivity (Wildman–Crippen MR) is 173 cm³/mol. The van der Waals surface area contributed by atoms with Crippen LogP contribution in [0.25, 0.3) is 22.3 Å². The Balaban J connectivity index is 0.000000191. The molecule has 15 nitrogen and oxygen atoms in total. The van der Waals surface area contributed by atoms with E-state index in [1.807, 2.05) is 4.90 Å². The number of hydrogen-bond donors (Lipinski definition) is 2. The fourth-order valence-corrected chi connectivity index (χ4v) is 5.30. The molecular formula is C32H36F2N6O9. The average Bonchev–Trinajstić information content (AvgIpc) is 3.65. The molecule has 262 valence electrons. The van der Waals surface area contributed by atoms with E-state index in [2.05, 4.69) is 10.6 Å². The lowest BCUT2D eigenvalue weighted by molar-refractivity contribution is -0.120. The lowest BCUT2D eigenvalue weighted by Crippen LogP contribution is -2.52. The number of quaternary nitrogens is 1. The average molecular weight is 687 g/mol. The topological polar surface area (TPSA) is 173 Å². The van der Waals surface area contributed by atoms with Gasteiger partial charge in [-0.2, -0.15) is 9.48 Å². The summed E-state index contributed by atoms with van der Waals surface area (Å²) in [7, 11) is 0. The Hall–Kier alpha value is -5.10. The lowest BCUT2D eigenvalue weighted by atomic mass is 10.1. The summed E-state index contributed by atoms with van der Waals surface area (Å²) >= 11 is 0. The first-order valence-corrected chi connectivity index (χ1v) is 15.4. The molecule has 2 aromatic heterocycles. The Kier molecular flexibility index (Phi) is 11.1. The Labute approximate surface area is 278 Å². The number of anilines is 1. The quantitative estimate of drug-likeness (QED) is 0.207. The molecule has 4 aromatic rings. The first-order chi connectivity index (χ1) is 23.4. The monoisotopic (exact) mass is 686 g/mol. The van der Waals surface area contributed by atoms with E-state index in [1.54, 1.807) is 12.1 Å². The first kappa shape index (κ1) is 35.2. The van der Waals surface area contributed by atoms with Crippen LogP contribution in [0.5, 0.6) is 0 Å². The number of morpholine rings is 2. The summed E-state index contributed by atoms with van der Waals surface area (Å²) in [5.41, 5.74) is 0.395. The van der Waals surface area contributed by atoms with Crippen molar-refractivity contribution in [1.82, 2.24) is 24.8 Å². The van der Waals surface area contributed by atoms with E-state index in [-0.39, 0.29) is 68.3 Å². The molecule has 2 aliphatic rings. The highest BCUT2D eigenvalue weighted by atomic mass is 19.1. The van der Waals surface area contributed by atoms with Gasteiger partial charge in [0.05, 0.1) is 55.6 Å². The van der Waals surface area contributed by atoms with Crippen molar-refractivity contribution in [1.29, 1.82) is 0 Å². The molecule has 0 spiro atoms. The van der Waals surface area contributed by atoms with Gasteiger partial charge in [0.2, 0.25) is 11.8 Å². The molecular weight excluding hydrogens is 650 g/mol. The largest absolute Gasteiger partial charge is 0.627 e. The van der Waals surface area contributed by atoms with Gasteiger partial charge in [-0.05, 0) is 35.4 Å². The molecule has 0 unspecified atom stereocenters. The Morgan fingerprint density at radius 2 is 1.27 bits per heavy atom. The Morgan fingerprint density at radius 1 is 0.776 bits per heavy atom. The number of amides is 2. The number of nitrogens with one attached hydrogen (secondary N) is 2.